The van der Waals surface area contributed by atoms with Gasteiger partial charge in [-0.05, 0) is 30.2 Å². The van der Waals surface area contributed by atoms with E-state index in [2.05, 4.69) is 10.3 Å². The Morgan fingerprint density at radius 1 is 1.11 bits per heavy atom. The average Bonchev–Trinajstić information content (AvgIpc) is 3.09. The van der Waals surface area contributed by atoms with Gasteiger partial charge in [-0.2, -0.15) is 0 Å². The van der Waals surface area contributed by atoms with Gasteiger partial charge in [0.15, 0.2) is 6.61 Å². The number of rotatable bonds is 7. The van der Waals surface area contributed by atoms with Gasteiger partial charge in [-0.3, -0.25) is 4.79 Å². The molecule has 2 N–H and O–H groups in total. The van der Waals surface area contributed by atoms with E-state index in [4.69, 9.17) is 9.47 Å². The predicted octanol–water partition coefficient (Wildman–Crippen LogP) is 2.76. The molecule has 140 valence electrons. The van der Waals surface area contributed by atoms with Crippen LogP contribution < -0.4 is 10.1 Å². The lowest BCUT2D eigenvalue weighted by molar-refractivity contribution is -0.145. The summed E-state index contributed by atoms with van der Waals surface area (Å²) in [4.78, 5) is 27.6. The molecule has 0 aliphatic rings. The minimum atomic E-state index is -0.790. The molecule has 1 amide bonds. The summed E-state index contributed by atoms with van der Waals surface area (Å²) < 4.78 is 10.4. The van der Waals surface area contributed by atoms with E-state index >= 15 is 0 Å². The largest absolute Gasteiger partial charge is 0.484 e. The van der Waals surface area contributed by atoms with E-state index in [0.717, 1.165) is 22.0 Å². The minimum Gasteiger partial charge on any atom is -0.484 e. The van der Waals surface area contributed by atoms with Crippen LogP contribution >= 0.6 is 0 Å². The number of aromatic nitrogens is 1. The third-order valence-corrected chi connectivity index (χ3v) is 4.37. The molecule has 1 atom stereocenters. The molecular weight excluding hydrogens is 344 g/mol. The second-order valence-electron chi connectivity index (χ2n) is 6.26. The summed E-state index contributed by atoms with van der Waals surface area (Å²) in [5.41, 5.74) is 2.85. The standard InChI is InChI=1S/C21H22N2O4/c1-14-7-3-6-10-19(14)27-13-20(24)23-18(21(25)26-2)11-15-12-22-17-9-5-4-8-16(15)17/h3-10,12,18,22H,11,13H2,1-2H3,(H,23,24). The van der Waals surface area contributed by atoms with Crippen molar-refractivity contribution in [3.63, 3.8) is 0 Å². The Kier molecular flexibility index (Phi) is 5.76. The van der Waals surface area contributed by atoms with Crippen molar-refractivity contribution in [1.82, 2.24) is 10.3 Å². The lowest BCUT2D eigenvalue weighted by Gasteiger charge is -2.17. The van der Waals surface area contributed by atoms with E-state index in [0.29, 0.717) is 12.2 Å². The monoisotopic (exact) mass is 366 g/mol. The second-order valence-corrected chi connectivity index (χ2v) is 6.26. The third kappa shape index (κ3) is 4.47. The Balaban J connectivity index is 1.67. The molecule has 0 bridgehead atoms. The zero-order chi connectivity index (χ0) is 19.2. The maximum Gasteiger partial charge on any atom is 0.328 e. The molecule has 27 heavy (non-hydrogen) atoms. The van der Waals surface area contributed by atoms with Crippen LogP contribution in [-0.4, -0.2) is 36.6 Å². The first-order valence-corrected chi connectivity index (χ1v) is 8.69. The normalized spacial score (nSPS) is 11.8. The predicted molar refractivity (Wildman–Crippen MR) is 103 cm³/mol. The van der Waals surface area contributed by atoms with Crippen molar-refractivity contribution in [2.45, 2.75) is 19.4 Å². The average molecular weight is 366 g/mol. The number of aryl methyl sites for hydroxylation is 1. The van der Waals surface area contributed by atoms with Gasteiger partial charge < -0.3 is 19.8 Å². The van der Waals surface area contributed by atoms with Crippen molar-refractivity contribution in [3.8, 4) is 5.75 Å². The molecule has 6 nitrogen and oxygen atoms in total. The van der Waals surface area contributed by atoms with Crippen LogP contribution in [0.2, 0.25) is 0 Å². The van der Waals surface area contributed by atoms with Crippen LogP contribution in [0, 0.1) is 6.92 Å². The molecule has 0 saturated carbocycles. The van der Waals surface area contributed by atoms with Crippen molar-refractivity contribution in [3.05, 3.63) is 65.9 Å². The van der Waals surface area contributed by atoms with Crippen molar-refractivity contribution in [2.24, 2.45) is 0 Å². The van der Waals surface area contributed by atoms with E-state index in [1.165, 1.54) is 7.11 Å². The maximum atomic E-state index is 12.3. The highest BCUT2D eigenvalue weighted by Crippen LogP contribution is 2.19. The van der Waals surface area contributed by atoms with Crippen LogP contribution in [0.5, 0.6) is 5.75 Å². The van der Waals surface area contributed by atoms with E-state index in [1.54, 1.807) is 6.07 Å². The van der Waals surface area contributed by atoms with Crippen LogP contribution in [0.4, 0.5) is 0 Å². The van der Waals surface area contributed by atoms with E-state index < -0.39 is 12.0 Å². The topological polar surface area (TPSA) is 80.4 Å². The summed E-state index contributed by atoms with van der Waals surface area (Å²) in [6, 6.07) is 14.5. The molecule has 1 aromatic heterocycles. The first-order chi connectivity index (χ1) is 13.1. The Hall–Kier alpha value is -3.28. The number of fused-ring (bicyclic) bond motifs is 1. The number of hydrogen-bond acceptors (Lipinski definition) is 4. The fraction of sp³-hybridized carbons (Fsp3) is 0.238. The number of carbonyl (C=O) groups is 2. The number of hydrogen-bond donors (Lipinski definition) is 2. The Morgan fingerprint density at radius 3 is 2.63 bits per heavy atom. The number of ether oxygens (including phenoxy) is 2. The van der Waals surface area contributed by atoms with Gasteiger partial charge in [0.2, 0.25) is 0 Å². The second kappa shape index (κ2) is 8.40. The summed E-state index contributed by atoms with van der Waals surface area (Å²) in [6.07, 6.45) is 2.17. The smallest absolute Gasteiger partial charge is 0.328 e. The molecule has 0 aliphatic heterocycles. The van der Waals surface area contributed by atoms with E-state index in [9.17, 15) is 9.59 Å². The van der Waals surface area contributed by atoms with Crippen LogP contribution in [0.1, 0.15) is 11.1 Å². The first-order valence-electron chi connectivity index (χ1n) is 8.69. The molecule has 6 heteroatoms. The van der Waals surface area contributed by atoms with Gasteiger partial charge in [0.25, 0.3) is 5.91 Å². The number of para-hydroxylation sites is 2. The molecular formula is C21H22N2O4. The number of benzene rings is 2. The van der Waals surface area contributed by atoms with Gasteiger partial charge in [0.05, 0.1) is 7.11 Å². The van der Waals surface area contributed by atoms with Crippen molar-refractivity contribution < 1.29 is 19.1 Å². The number of esters is 1. The molecule has 0 spiro atoms. The van der Waals surface area contributed by atoms with E-state index in [-0.39, 0.29) is 12.5 Å². The Morgan fingerprint density at radius 2 is 1.85 bits per heavy atom. The van der Waals surface area contributed by atoms with Gasteiger partial charge >= 0.3 is 5.97 Å². The summed E-state index contributed by atoms with van der Waals surface area (Å²) in [5.74, 6) is -0.239. The first kappa shape index (κ1) is 18.5. The van der Waals surface area contributed by atoms with Crippen molar-refractivity contribution >= 4 is 22.8 Å². The molecule has 3 aromatic rings. The number of methoxy groups -OCH3 is 1. The number of aromatic amines is 1. The summed E-state index contributed by atoms with van der Waals surface area (Å²) in [6.45, 7) is 1.73. The minimum absolute atomic E-state index is 0.174. The number of amides is 1. The van der Waals surface area contributed by atoms with Gasteiger partial charge in [-0.1, -0.05) is 36.4 Å². The zero-order valence-electron chi connectivity index (χ0n) is 15.3. The molecule has 3 rings (SSSR count). The Labute approximate surface area is 157 Å². The summed E-state index contributed by atoms with van der Waals surface area (Å²) in [7, 11) is 1.31. The van der Waals surface area contributed by atoms with Crippen molar-refractivity contribution in [2.75, 3.05) is 13.7 Å². The molecule has 1 unspecified atom stereocenters. The number of H-pyrrole nitrogens is 1. The molecule has 0 saturated heterocycles. The van der Waals surface area contributed by atoms with Crippen LogP contribution in [-0.2, 0) is 20.7 Å². The highest BCUT2D eigenvalue weighted by atomic mass is 16.5. The lowest BCUT2D eigenvalue weighted by atomic mass is 10.0. The lowest BCUT2D eigenvalue weighted by Crippen LogP contribution is -2.44. The fourth-order valence-electron chi connectivity index (χ4n) is 2.95. The molecule has 0 radical (unpaired) electrons. The highest BCUT2D eigenvalue weighted by molar-refractivity contribution is 5.87. The molecule has 0 aliphatic carbocycles. The van der Waals surface area contributed by atoms with Crippen LogP contribution in [0.25, 0.3) is 10.9 Å². The molecule has 1 heterocycles. The van der Waals surface area contributed by atoms with Gasteiger partial charge in [-0.15, -0.1) is 0 Å². The summed E-state index contributed by atoms with van der Waals surface area (Å²) in [5, 5.41) is 3.72. The molecule has 2 aromatic carbocycles. The van der Waals surface area contributed by atoms with Gasteiger partial charge in [0, 0.05) is 23.5 Å². The van der Waals surface area contributed by atoms with Gasteiger partial charge in [0.1, 0.15) is 11.8 Å². The molecule has 0 fully saturated rings. The Bertz CT molecular complexity index is 948. The van der Waals surface area contributed by atoms with Crippen LogP contribution in [0.15, 0.2) is 54.7 Å². The number of nitrogens with one attached hydrogen (secondary N) is 2. The van der Waals surface area contributed by atoms with Crippen LogP contribution in [0.3, 0.4) is 0 Å². The van der Waals surface area contributed by atoms with E-state index in [1.807, 2.05) is 55.6 Å². The van der Waals surface area contributed by atoms with Crippen molar-refractivity contribution in [1.29, 1.82) is 0 Å². The SMILES string of the molecule is COC(=O)C(Cc1c[nH]c2ccccc12)NC(=O)COc1ccccc1C. The third-order valence-electron chi connectivity index (χ3n) is 4.37. The maximum absolute atomic E-state index is 12.3. The quantitative estimate of drug-likeness (QED) is 0.630. The van der Waals surface area contributed by atoms with Gasteiger partial charge in [-0.25, -0.2) is 4.79 Å². The number of carbonyl (C=O) groups excluding carboxylic acids is 2. The zero-order valence-corrected chi connectivity index (χ0v) is 15.3. The summed E-state index contributed by atoms with van der Waals surface area (Å²) >= 11 is 0. The fourth-order valence-corrected chi connectivity index (χ4v) is 2.95. The highest BCUT2D eigenvalue weighted by Gasteiger charge is 2.23.